The van der Waals surface area contributed by atoms with Crippen molar-refractivity contribution >= 4 is 11.6 Å². The molecule has 0 amide bonds. The summed E-state index contributed by atoms with van der Waals surface area (Å²) in [6.07, 6.45) is 1.80. The van der Waals surface area contributed by atoms with Gasteiger partial charge in [0.05, 0.1) is 0 Å². The lowest BCUT2D eigenvalue weighted by Gasteiger charge is -2.14. The van der Waals surface area contributed by atoms with E-state index in [1.807, 2.05) is 49.4 Å². The second-order valence-corrected chi connectivity index (χ2v) is 4.79. The maximum atomic E-state index is 5.84. The molecule has 0 bridgehead atoms. The molecule has 3 nitrogen and oxygen atoms in total. The van der Waals surface area contributed by atoms with E-state index in [0.29, 0.717) is 5.88 Å². The Morgan fingerprint density at radius 2 is 2.00 bits per heavy atom. The third kappa shape index (κ3) is 4.89. The van der Waals surface area contributed by atoms with Gasteiger partial charge in [-0.15, -0.1) is 0 Å². The van der Waals surface area contributed by atoms with E-state index in [9.17, 15) is 0 Å². The van der Waals surface area contributed by atoms with E-state index in [1.165, 1.54) is 5.56 Å². The molecule has 1 N–H and O–H groups in total. The molecule has 0 aliphatic rings. The highest BCUT2D eigenvalue weighted by Crippen LogP contribution is 2.09. The van der Waals surface area contributed by atoms with Crippen molar-refractivity contribution in [2.24, 2.45) is 0 Å². The minimum atomic E-state index is 0.0715. The van der Waals surface area contributed by atoms with Crippen LogP contribution in [0.1, 0.15) is 12.5 Å². The Bertz CT molecular complexity index is 487. The molecule has 1 unspecified atom stereocenters. The molecular weight excluding hydrogens is 260 g/mol. The maximum Gasteiger partial charge on any atom is 0.213 e. The van der Waals surface area contributed by atoms with E-state index in [2.05, 4.69) is 10.3 Å². The number of nitrogens with zero attached hydrogens (tertiary/aromatic N) is 1. The first kappa shape index (κ1) is 13.8. The Balaban J connectivity index is 1.72. The predicted octanol–water partition coefficient (Wildman–Crippen LogP) is 3.29. The number of benzene rings is 1. The van der Waals surface area contributed by atoms with Gasteiger partial charge in [-0.25, -0.2) is 4.98 Å². The molecule has 2 aromatic rings. The van der Waals surface area contributed by atoms with Crippen molar-refractivity contribution in [3.63, 3.8) is 0 Å². The van der Waals surface area contributed by atoms with Gasteiger partial charge in [0.25, 0.3) is 0 Å². The zero-order valence-electron chi connectivity index (χ0n) is 10.8. The summed E-state index contributed by atoms with van der Waals surface area (Å²) in [5, 5.41) is 4.11. The van der Waals surface area contributed by atoms with Gasteiger partial charge in [-0.1, -0.05) is 29.8 Å². The highest BCUT2D eigenvalue weighted by molar-refractivity contribution is 6.30. The van der Waals surface area contributed by atoms with Crippen LogP contribution in [0.2, 0.25) is 5.02 Å². The van der Waals surface area contributed by atoms with E-state index in [-0.39, 0.29) is 6.10 Å². The molecule has 0 fully saturated rings. The fraction of sp³-hybridized carbons (Fsp3) is 0.267. The van der Waals surface area contributed by atoms with Crippen LogP contribution >= 0.6 is 11.6 Å². The number of rotatable bonds is 6. The molecule has 0 saturated heterocycles. The molecule has 0 radical (unpaired) electrons. The number of pyridine rings is 1. The first-order valence-corrected chi connectivity index (χ1v) is 6.64. The molecule has 0 saturated carbocycles. The predicted molar refractivity (Wildman–Crippen MR) is 77.5 cm³/mol. The average Bonchev–Trinajstić information content (AvgIpc) is 2.42. The Hall–Kier alpha value is -1.58. The molecule has 100 valence electrons. The van der Waals surface area contributed by atoms with Crippen LogP contribution in [0.4, 0.5) is 0 Å². The third-order valence-corrected chi connectivity index (χ3v) is 2.89. The molecule has 1 aromatic heterocycles. The minimum absolute atomic E-state index is 0.0715. The summed E-state index contributed by atoms with van der Waals surface area (Å²) in [7, 11) is 0. The van der Waals surface area contributed by atoms with Gasteiger partial charge in [0.15, 0.2) is 0 Å². The Morgan fingerprint density at radius 3 is 2.68 bits per heavy atom. The van der Waals surface area contributed by atoms with Gasteiger partial charge in [0.2, 0.25) is 5.88 Å². The van der Waals surface area contributed by atoms with E-state index >= 15 is 0 Å². The SMILES string of the molecule is CC(CNCc1ccc(Cl)cc1)Oc1ccccn1. The normalized spacial score (nSPS) is 12.1. The molecule has 0 aliphatic carbocycles. The average molecular weight is 277 g/mol. The minimum Gasteiger partial charge on any atom is -0.473 e. The molecular formula is C15H17ClN2O. The molecule has 1 heterocycles. The smallest absolute Gasteiger partial charge is 0.213 e. The van der Waals surface area contributed by atoms with Gasteiger partial charge in [-0.05, 0) is 30.7 Å². The summed E-state index contributed by atoms with van der Waals surface area (Å²) in [6.45, 7) is 3.58. The van der Waals surface area contributed by atoms with Crippen LogP contribution < -0.4 is 10.1 Å². The number of aromatic nitrogens is 1. The van der Waals surface area contributed by atoms with Gasteiger partial charge in [0, 0.05) is 30.4 Å². The molecule has 0 aliphatic heterocycles. The lowest BCUT2D eigenvalue weighted by atomic mass is 10.2. The summed E-state index contributed by atoms with van der Waals surface area (Å²) in [5.41, 5.74) is 1.20. The summed E-state index contributed by atoms with van der Waals surface area (Å²) in [4.78, 5) is 4.13. The Morgan fingerprint density at radius 1 is 1.21 bits per heavy atom. The van der Waals surface area contributed by atoms with Crippen molar-refractivity contribution in [3.05, 3.63) is 59.2 Å². The first-order chi connectivity index (χ1) is 9.24. The summed E-state index contributed by atoms with van der Waals surface area (Å²) < 4.78 is 5.68. The number of hydrogen-bond donors (Lipinski definition) is 1. The lowest BCUT2D eigenvalue weighted by Crippen LogP contribution is -2.28. The van der Waals surface area contributed by atoms with E-state index < -0.39 is 0 Å². The molecule has 19 heavy (non-hydrogen) atoms. The largest absolute Gasteiger partial charge is 0.473 e. The molecule has 0 spiro atoms. The van der Waals surface area contributed by atoms with Gasteiger partial charge < -0.3 is 10.1 Å². The standard InChI is InChI=1S/C15H17ClN2O/c1-12(19-15-4-2-3-9-18-15)10-17-11-13-5-7-14(16)8-6-13/h2-9,12,17H,10-11H2,1H3. The zero-order valence-corrected chi connectivity index (χ0v) is 11.6. The van der Waals surface area contributed by atoms with Gasteiger partial charge in [-0.2, -0.15) is 0 Å². The van der Waals surface area contributed by atoms with Crippen molar-refractivity contribution in [2.75, 3.05) is 6.54 Å². The van der Waals surface area contributed by atoms with Gasteiger partial charge >= 0.3 is 0 Å². The number of nitrogens with one attached hydrogen (secondary N) is 1. The summed E-state index contributed by atoms with van der Waals surface area (Å²) >= 11 is 5.84. The summed E-state index contributed by atoms with van der Waals surface area (Å²) in [5.74, 6) is 0.656. The van der Waals surface area contributed by atoms with Crippen LogP contribution in [0.15, 0.2) is 48.7 Å². The third-order valence-electron chi connectivity index (χ3n) is 2.63. The second kappa shape index (κ2) is 7.12. The van der Waals surface area contributed by atoms with E-state index in [0.717, 1.165) is 18.1 Å². The highest BCUT2D eigenvalue weighted by Gasteiger charge is 2.04. The second-order valence-electron chi connectivity index (χ2n) is 4.35. The van der Waals surface area contributed by atoms with Crippen LogP contribution in [-0.4, -0.2) is 17.6 Å². The van der Waals surface area contributed by atoms with Crippen molar-refractivity contribution in [1.29, 1.82) is 0 Å². The molecule has 4 heteroatoms. The fourth-order valence-electron chi connectivity index (χ4n) is 1.69. The molecule has 1 atom stereocenters. The zero-order chi connectivity index (χ0) is 13.5. The maximum absolute atomic E-state index is 5.84. The van der Waals surface area contributed by atoms with Crippen molar-refractivity contribution in [2.45, 2.75) is 19.6 Å². The number of hydrogen-bond acceptors (Lipinski definition) is 3. The molecule has 2 rings (SSSR count). The topological polar surface area (TPSA) is 34.1 Å². The fourth-order valence-corrected chi connectivity index (χ4v) is 1.81. The Labute approximate surface area is 118 Å². The van der Waals surface area contributed by atoms with Crippen LogP contribution in [-0.2, 0) is 6.54 Å². The van der Waals surface area contributed by atoms with Crippen LogP contribution in [0, 0.1) is 0 Å². The Kier molecular flexibility index (Phi) is 5.19. The van der Waals surface area contributed by atoms with Gasteiger partial charge in [0.1, 0.15) is 6.10 Å². The first-order valence-electron chi connectivity index (χ1n) is 6.27. The van der Waals surface area contributed by atoms with Crippen LogP contribution in [0.25, 0.3) is 0 Å². The van der Waals surface area contributed by atoms with E-state index in [1.54, 1.807) is 6.20 Å². The highest BCUT2D eigenvalue weighted by atomic mass is 35.5. The van der Waals surface area contributed by atoms with Crippen molar-refractivity contribution in [3.8, 4) is 5.88 Å². The monoisotopic (exact) mass is 276 g/mol. The molecule has 1 aromatic carbocycles. The number of ether oxygens (including phenoxy) is 1. The quantitative estimate of drug-likeness (QED) is 0.879. The van der Waals surface area contributed by atoms with E-state index in [4.69, 9.17) is 16.3 Å². The van der Waals surface area contributed by atoms with Crippen molar-refractivity contribution in [1.82, 2.24) is 10.3 Å². The summed E-state index contributed by atoms with van der Waals surface area (Å²) in [6, 6.07) is 13.5. The van der Waals surface area contributed by atoms with Gasteiger partial charge in [-0.3, -0.25) is 0 Å². The number of halogens is 1. The van der Waals surface area contributed by atoms with Crippen LogP contribution in [0.3, 0.4) is 0 Å². The lowest BCUT2D eigenvalue weighted by molar-refractivity contribution is 0.208. The van der Waals surface area contributed by atoms with Crippen molar-refractivity contribution < 1.29 is 4.74 Å². The van der Waals surface area contributed by atoms with Crippen LogP contribution in [0.5, 0.6) is 5.88 Å².